The zero-order valence-corrected chi connectivity index (χ0v) is 11.8. The first-order chi connectivity index (χ1) is 10.0. The molecule has 0 unspecified atom stereocenters. The molecule has 2 aromatic rings. The number of aromatic nitrogens is 3. The SMILES string of the molecule is COCCN(CC(=O)O)C(=O)c1cnn2ccc(C)nc12. The second kappa shape index (κ2) is 6.31. The molecule has 8 nitrogen and oxygen atoms in total. The zero-order chi connectivity index (χ0) is 15.4. The molecule has 112 valence electrons. The molecule has 2 aromatic heterocycles. The maximum Gasteiger partial charge on any atom is 0.323 e. The van der Waals surface area contributed by atoms with E-state index in [2.05, 4.69) is 10.1 Å². The van der Waals surface area contributed by atoms with E-state index in [1.807, 2.05) is 0 Å². The fourth-order valence-corrected chi connectivity index (χ4v) is 1.90. The summed E-state index contributed by atoms with van der Waals surface area (Å²) in [6.07, 6.45) is 3.09. The average Bonchev–Trinajstić information content (AvgIpc) is 2.85. The van der Waals surface area contributed by atoms with E-state index >= 15 is 0 Å². The number of fused-ring (bicyclic) bond motifs is 1. The largest absolute Gasteiger partial charge is 0.480 e. The van der Waals surface area contributed by atoms with Gasteiger partial charge in [-0.25, -0.2) is 9.50 Å². The summed E-state index contributed by atoms with van der Waals surface area (Å²) in [4.78, 5) is 28.9. The predicted molar refractivity (Wildman–Crippen MR) is 73.1 cm³/mol. The second-order valence-corrected chi connectivity index (χ2v) is 4.51. The number of nitrogens with zero attached hydrogens (tertiary/aromatic N) is 4. The number of ether oxygens (including phenoxy) is 1. The summed E-state index contributed by atoms with van der Waals surface area (Å²) < 4.78 is 6.39. The molecule has 0 radical (unpaired) electrons. The van der Waals surface area contributed by atoms with Crippen LogP contribution in [0.2, 0.25) is 0 Å². The van der Waals surface area contributed by atoms with Gasteiger partial charge in [0.15, 0.2) is 5.65 Å². The van der Waals surface area contributed by atoms with Gasteiger partial charge >= 0.3 is 5.97 Å². The Kier molecular flexibility index (Phi) is 4.49. The first-order valence-corrected chi connectivity index (χ1v) is 6.34. The van der Waals surface area contributed by atoms with Crippen molar-refractivity contribution >= 4 is 17.5 Å². The van der Waals surface area contributed by atoms with Crippen molar-refractivity contribution < 1.29 is 19.4 Å². The summed E-state index contributed by atoms with van der Waals surface area (Å²) in [5.74, 6) is -1.51. The van der Waals surface area contributed by atoms with E-state index in [0.717, 1.165) is 5.69 Å². The molecule has 0 aliphatic heterocycles. The van der Waals surface area contributed by atoms with Gasteiger partial charge in [0.2, 0.25) is 0 Å². The third kappa shape index (κ3) is 3.34. The van der Waals surface area contributed by atoms with Gasteiger partial charge in [0.05, 0.1) is 12.8 Å². The summed E-state index contributed by atoms with van der Waals surface area (Å²) in [7, 11) is 1.49. The van der Waals surface area contributed by atoms with Crippen LogP contribution in [-0.4, -0.2) is 63.3 Å². The first-order valence-electron chi connectivity index (χ1n) is 6.34. The number of methoxy groups -OCH3 is 1. The van der Waals surface area contributed by atoms with Gasteiger partial charge in [0, 0.05) is 25.5 Å². The molecular formula is C13H16N4O4. The van der Waals surface area contributed by atoms with E-state index < -0.39 is 18.4 Å². The smallest absolute Gasteiger partial charge is 0.323 e. The molecule has 0 spiro atoms. The van der Waals surface area contributed by atoms with Gasteiger partial charge in [-0.2, -0.15) is 5.10 Å². The van der Waals surface area contributed by atoms with Crippen LogP contribution in [0.5, 0.6) is 0 Å². The molecule has 0 aromatic carbocycles. The summed E-state index contributed by atoms with van der Waals surface area (Å²) in [5.41, 5.74) is 1.43. The molecule has 0 fully saturated rings. The number of hydrogen-bond acceptors (Lipinski definition) is 5. The number of carbonyl (C=O) groups is 2. The van der Waals surface area contributed by atoms with Crippen LogP contribution in [0.4, 0.5) is 0 Å². The molecule has 8 heteroatoms. The highest BCUT2D eigenvalue weighted by molar-refractivity contribution is 6.00. The van der Waals surface area contributed by atoms with Crippen LogP contribution in [0.15, 0.2) is 18.5 Å². The van der Waals surface area contributed by atoms with Crippen molar-refractivity contribution in [3.8, 4) is 0 Å². The lowest BCUT2D eigenvalue weighted by Gasteiger charge is -2.19. The molecule has 0 aliphatic carbocycles. The van der Waals surface area contributed by atoms with Crippen molar-refractivity contribution in [1.82, 2.24) is 19.5 Å². The van der Waals surface area contributed by atoms with Crippen molar-refractivity contribution in [3.05, 3.63) is 29.7 Å². The Balaban J connectivity index is 2.33. The minimum atomic E-state index is -1.08. The van der Waals surface area contributed by atoms with Crippen molar-refractivity contribution in [2.75, 3.05) is 26.8 Å². The van der Waals surface area contributed by atoms with Crippen molar-refractivity contribution in [2.45, 2.75) is 6.92 Å². The Bertz CT molecular complexity index is 667. The number of rotatable bonds is 6. The summed E-state index contributed by atoms with van der Waals surface area (Å²) >= 11 is 0. The van der Waals surface area contributed by atoms with Crippen molar-refractivity contribution in [1.29, 1.82) is 0 Å². The minimum absolute atomic E-state index is 0.185. The van der Waals surface area contributed by atoms with Gasteiger partial charge in [-0.15, -0.1) is 0 Å². The summed E-state index contributed by atoms with van der Waals surface area (Å²) in [6, 6.07) is 1.77. The number of amides is 1. The van der Waals surface area contributed by atoms with E-state index in [4.69, 9.17) is 9.84 Å². The zero-order valence-electron chi connectivity index (χ0n) is 11.8. The number of carbonyl (C=O) groups excluding carboxylic acids is 1. The average molecular weight is 292 g/mol. The third-order valence-corrected chi connectivity index (χ3v) is 2.92. The number of carboxylic acid groups (broad SMARTS) is 1. The summed E-state index contributed by atoms with van der Waals surface area (Å²) in [5, 5.41) is 13.0. The maximum atomic E-state index is 12.5. The van der Waals surface area contributed by atoms with Crippen LogP contribution < -0.4 is 0 Å². The predicted octanol–water partition coefficient (Wildman–Crippen LogP) is 0.211. The summed E-state index contributed by atoms with van der Waals surface area (Å²) in [6.45, 7) is 1.85. The number of aliphatic carboxylic acids is 1. The van der Waals surface area contributed by atoms with Gasteiger partial charge in [-0.3, -0.25) is 9.59 Å². The van der Waals surface area contributed by atoms with Gasteiger partial charge in [-0.1, -0.05) is 0 Å². The molecule has 1 N–H and O–H groups in total. The lowest BCUT2D eigenvalue weighted by atomic mass is 10.2. The van der Waals surface area contributed by atoms with Crippen LogP contribution in [-0.2, 0) is 9.53 Å². The van der Waals surface area contributed by atoms with Gasteiger partial charge in [0.25, 0.3) is 5.91 Å². The molecule has 1 amide bonds. The molecule has 2 heterocycles. The van der Waals surface area contributed by atoms with E-state index in [-0.39, 0.29) is 18.7 Å². The molecule has 0 atom stereocenters. The quantitative estimate of drug-likeness (QED) is 0.817. The third-order valence-electron chi connectivity index (χ3n) is 2.92. The van der Waals surface area contributed by atoms with Gasteiger partial charge in [0.1, 0.15) is 12.1 Å². The van der Waals surface area contributed by atoms with Crippen LogP contribution in [0.1, 0.15) is 16.1 Å². The fourth-order valence-electron chi connectivity index (χ4n) is 1.90. The first kappa shape index (κ1) is 14.9. The molecule has 21 heavy (non-hydrogen) atoms. The lowest BCUT2D eigenvalue weighted by Crippen LogP contribution is -2.38. The highest BCUT2D eigenvalue weighted by Gasteiger charge is 2.22. The number of carboxylic acids is 1. The molecule has 0 aliphatic rings. The minimum Gasteiger partial charge on any atom is -0.480 e. The van der Waals surface area contributed by atoms with E-state index in [1.165, 1.54) is 22.7 Å². The molecule has 0 bridgehead atoms. The fraction of sp³-hybridized carbons (Fsp3) is 0.385. The van der Waals surface area contributed by atoms with Gasteiger partial charge < -0.3 is 14.7 Å². The van der Waals surface area contributed by atoms with E-state index in [9.17, 15) is 9.59 Å². The monoisotopic (exact) mass is 292 g/mol. The van der Waals surface area contributed by atoms with Crippen molar-refractivity contribution in [2.24, 2.45) is 0 Å². The molecule has 0 saturated carbocycles. The highest BCUT2D eigenvalue weighted by Crippen LogP contribution is 2.11. The normalized spacial score (nSPS) is 10.8. The Morgan fingerprint density at radius 3 is 2.90 bits per heavy atom. The van der Waals surface area contributed by atoms with Crippen LogP contribution in [0.25, 0.3) is 5.65 Å². The highest BCUT2D eigenvalue weighted by atomic mass is 16.5. The number of aryl methyl sites for hydroxylation is 1. The van der Waals surface area contributed by atoms with E-state index in [1.54, 1.807) is 19.2 Å². The topological polar surface area (TPSA) is 97.0 Å². The maximum absolute atomic E-state index is 12.5. The Morgan fingerprint density at radius 1 is 1.48 bits per heavy atom. The van der Waals surface area contributed by atoms with Crippen molar-refractivity contribution in [3.63, 3.8) is 0 Å². The van der Waals surface area contributed by atoms with Crippen LogP contribution in [0.3, 0.4) is 0 Å². The molecule has 2 rings (SSSR count). The Hall–Kier alpha value is -2.48. The molecule has 0 saturated heterocycles. The van der Waals surface area contributed by atoms with Crippen LogP contribution in [0, 0.1) is 6.92 Å². The van der Waals surface area contributed by atoms with Crippen LogP contribution >= 0.6 is 0 Å². The van der Waals surface area contributed by atoms with Gasteiger partial charge in [-0.05, 0) is 13.0 Å². The number of hydrogen-bond donors (Lipinski definition) is 1. The second-order valence-electron chi connectivity index (χ2n) is 4.51. The molecular weight excluding hydrogens is 276 g/mol. The lowest BCUT2D eigenvalue weighted by molar-refractivity contribution is -0.137. The van der Waals surface area contributed by atoms with E-state index in [0.29, 0.717) is 5.65 Å². The standard InChI is InChI=1S/C13H16N4O4/c1-9-3-4-17-12(15-9)10(7-14-17)13(20)16(5-6-21-2)8-11(18)19/h3-4,7H,5-6,8H2,1-2H3,(H,18,19). The Morgan fingerprint density at radius 2 is 2.24 bits per heavy atom. The Labute approximate surface area is 121 Å².